The zero-order valence-electron chi connectivity index (χ0n) is 22.8. The summed E-state index contributed by atoms with van der Waals surface area (Å²) in [5.41, 5.74) is 0. The van der Waals surface area contributed by atoms with Crippen LogP contribution in [0.2, 0.25) is 0 Å². The highest BCUT2D eigenvalue weighted by Gasteiger charge is 2.41. The molecule has 2 fully saturated rings. The fraction of sp³-hybridized carbons (Fsp3) is 0.815. The zero-order valence-corrected chi connectivity index (χ0v) is 22.8. The van der Waals surface area contributed by atoms with Gasteiger partial charge in [-0.05, 0) is 43.4 Å². The van der Waals surface area contributed by atoms with E-state index in [0.717, 1.165) is 57.7 Å². The number of hydrogen-bond donors (Lipinski definition) is 0. The van der Waals surface area contributed by atoms with Gasteiger partial charge in [-0.15, -0.1) is 0 Å². The van der Waals surface area contributed by atoms with Gasteiger partial charge in [-0.25, -0.2) is 4.98 Å². The van der Waals surface area contributed by atoms with Crippen LogP contribution in [0.3, 0.4) is 0 Å². The van der Waals surface area contributed by atoms with Crippen molar-refractivity contribution in [3.63, 3.8) is 0 Å². The molecule has 3 rings (SSSR count). The molecule has 3 heterocycles. The van der Waals surface area contributed by atoms with Crippen LogP contribution < -0.4 is 0 Å². The number of rotatable bonds is 11. The van der Waals surface area contributed by atoms with E-state index >= 15 is 0 Å². The number of amides is 2. The Bertz CT molecular complexity index is 815. The van der Waals surface area contributed by atoms with Crippen molar-refractivity contribution < 1.29 is 14.3 Å². The van der Waals surface area contributed by atoms with Crippen LogP contribution >= 0.6 is 0 Å². The van der Waals surface area contributed by atoms with E-state index in [0.29, 0.717) is 37.3 Å². The number of imidazole rings is 1. The number of hydrogen-bond acceptors (Lipinski definition) is 5. The first-order valence-electron chi connectivity index (χ1n) is 13.5. The molecule has 0 aliphatic carbocycles. The molecule has 8 heteroatoms. The second-order valence-electron chi connectivity index (χ2n) is 11.3. The van der Waals surface area contributed by atoms with Gasteiger partial charge >= 0.3 is 0 Å². The van der Waals surface area contributed by atoms with Gasteiger partial charge in [0.05, 0.1) is 12.6 Å². The highest BCUT2D eigenvalue weighted by atomic mass is 16.5. The molecule has 2 amide bonds. The van der Waals surface area contributed by atoms with Gasteiger partial charge in [-0.2, -0.15) is 0 Å². The molecule has 1 unspecified atom stereocenters. The van der Waals surface area contributed by atoms with Gasteiger partial charge in [0.25, 0.3) is 0 Å². The lowest BCUT2D eigenvalue weighted by Gasteiger charge is -2.45. The first kappa shape index (κ1) is 27.7. The lowest BCUT2D eigenvalue weighted by molar-refractivity contribution is -0.155. The summed E-state index contributed by atoms with van der Waals surface area (Å²) < 4.78 is 7.38. The molecular weight excluding hydrogens is 442 g/mol. The Hall–Kier alpha value is -1.93. The lowest BCUT2D eigenvalue weighted by Crippen LogP contribution is -2.63. The van der Waals surface area contributed by atoms with E-state index in [1.807, 2.05) is 29.2 Å². The maximum atomic E-state index is 13.8. The van der Waals surface area contributed by atoms with Gasteiger partial charge in [-0.3, -0.25) is 14.5 Å². The van der Waals surface area contributed by atoms with Crippen LogP contribution in [-0.4, -0.2) is 94.6 Å². The number of ether oxygens (including phenoxy) is 1. The molecule has 2 aliphatic heterocycles. The molecule has 0 radical (unpaired) electrons. The van der Waals surface area contributed by atoms with Gasteiger partial charge in [0.2, 0.25) is 11.8 Å². The second-order valence-corrected chi connectivity index (χ2v) is 11.3. The smallest absolute Gasteiger partial charge is 0.245 e. The topological polar surface area (TPSA) is 70.9 Å². The molecule has 1 aromatic rings. The van der Waals surface area contributed by atoms with Gasteiger partial charge < -0.3 is 19.1 Å². The summed E-state index contributed by atoms with van der Waals surface area (Å²) in [6, 6.07) is -0.544. The standard InChI is InChI=1S/C27H47N5O3/c1-20(2)17-23-27(34)32(14-13-30(23)15-16-35-6)24(18-21(3)4)26(33)31-10-7-22(8-11-31)19-25-28-9-12-29(25)5/h9,12,20-24H,7-8,10-11,13-19H2,1-6H3/t23-,24?/m0/s1. The molecule has 0 aromatic carbocycles. The fourth-order valence-corrected chi connectivity index (χ4v) is 5.56. The van der Waals surface area contributed by atoms with Crippen LogP contribution in [0.4, 0.5) is 0 Å². The fourth-order valence-electron chi connectivity index (χ4n) is 5.56. The van der Waals surface area contributed by atoms with Crippen LogP contribution in [0.5, 0.6) is 0 Å². The number of aromatic nitrogens is 2. The maximum absolute atomic E-state index is 13.8. The van der Waals surface area contributed by atoms with Crippen LogP contribution in [0.25, 0.3) is 0 Å². The molecular formula is C27H47N5O3. The summed E-state index contributed by atoms with van der Waals surface area (Å²) in [5.74, 6) is 2.66. The van der Waals surface area contributed by atoms with Crippen LogP contribution in [0, 0.1) is 17.8 Å². The number of likely N-dealkylation sites (tertiary alicyclic amines) is 1. The SMILES string of the molecule is COCCN1CCN(C(CC(C)C)C(=O)N2CCC(Cc3nccn3C)CC2)C(=O)[C@@H]1CC(C)C. The summed E-state index contributed by atoms with van der Waals surface area (Å²) in [5, 5.41) is 0. The summed E-state index contributed by atoms with van der Waals surface area (Å²) in [6.45, 7) is 12.9. The van der Waals surface area contributed by atoms with Crippen molar-refractivity contribution in [3.8, 4) is 0 Å². The van der Waals surface area contributed by atoms with Crippen molar-refractivity contribution in [1.82, 2.24) is 24.3 Å². The normalized spacial score (nSPS) is 21.4. The third-order valence-corrected chi connectivity index (χ3v) is 7.59. The Balaban J connectivity index is 1.68. The Morgan fingerprint density at radius 1 is 1.11 bits per heavy atom. The number of methoxy groups -OCH3 is 1. The van der Waals surface area contributed by atoms with Crippen LogP contribution in [0.15, 0.2) is 12.4 Å². The number of carbonyl (C=O) groups is 2. The molecule has 2 saturated heterocycles. The molecule has 0 saturated carbocycles. The predicted octanol–water partition coefficient (Wildman–Crippen LogP) is 2.82. The monoisotopic (exact) mass is 489 g/mol. The van der Waals surface area contributed by atoms with Gasteiger partial charge in [0.1, 0.15) is 11.9 Å². The van der Waals surface area contributed by atoms with Crippen molar-refractivity contribution in [2.75, 3.05) is 46.4 Å². The Morgan fingerprint density at radius 2 is 1.83 bits per heavy atom. The number of nitrogens with zero attached hydrogens (tertiary/aromatic N) is 5. The predicted molar refractivity (Wildman–Crippen MR) is 138 cm³/mol. The summed E-state index contributed by atoms with van der Waals surface area (Å²) in [4.78, 5) is 38.2. The summed E-state index contributed by atoms with van der Waals surface area (Å²) >= 11 is 0. The van der Waals surface area contributed by atoms with Gasteiger partial charge in [-0.1, -0.05) is 27.7 Å². The largest absolute Gasteiger partial charge is 0.383 e. The second kappa shape index (κ2) is 12.9. The average molecular weight is 490 g/mol. The van der Waals surface area contributed by atoms with E-state index in [2.05, 4.69) is 42.1 Å². The zero-order chi connectivity index (χ0) is 25.5. The van der Waals surface area contributed by atoms with E-state index < -0.39 is 0 Å². The third-order valence-electron chi connectivity index (χ3n) is 7.59. The van der Waals surface area contributed by atoms with E-state index in [1.165, 1.54) is 0 Å². The third kappa shape index (κ3) is 7.29. The maximum Gasteiger partial charge on any atom is 0.245 e. The molecule has 8 nitrogen and oxygen atoms in total. The van der Waals surface area contributed by atoms with Crippen molar-refractivity contribution >= 4 is 11.8 Å². The Labute approximate surface area is 212 Å². The average Bonchev–Trinajstić information content (AvgIpc) is 3.22. The van der Waals surface area contributed by atoms with E-state index in [1.54, 1.807) is 7.11 Å². The highest BCUT2D eigenvalue weighted by molar-refractivity contribution is 5.90. The number of piperidine rings is 1. The quantitative estimate of drug-likeness (QED) is 0.478. The van der Waals surface area contributed by atoms with Crippen molar-refractivity contribution in [3.05, 3.63) is 18.2 Å². The number of aryl methyl sites for hydroxylation is 1. The molecule has 2 atom stereocenters. The summed E-state index contributed by atoms with van der Waals surface area (Å²) in [6.07, 6.45) is 8.29. The van der Waals surface area contributed by atoms with Crippen LogP contribution in [0.1, 0.15) is 59.2 Å². The minimum atomic E-state index is -0.368. The minimum absolute atomic E-state index is 0.115. The van der Waals surface area contributed by atoms with E-state index in [9.17, 15) is 9.59 Å². The van der Waals surface area contributed by atoms with Crippen molar-refractivity contribution in [2.24, 2.45) is 24.8 Å². The van der Waals surface area contributed by atoms with Crippen LogP contribution in [-0.2, 0) is 27.8 Å². The van der Waals surface area contributed by atoms with E-state index in [-0.39, 0.29) is 23.9 Å². The minimum Gasteiger partial charge on any atom is -0.383 e. The molecule has 1 aromatic heterocycles. The summed E-state index contributed by atoms with van der Waals surface area (Å²) in [7, 11) is 3.74. The molecule has 0 spiro atoms. The van der Waals surface area contributed by atoms with Gasteiger partial charge in [0, 0.05) is 65.7 Å². The lowest BCUT2D eigenvalue weighted by atomic mass is 9.91. The highest BCUT2D eigenvalue weighted by Crippen LogP contribution is 2.26. The first-order valence-corrected chi connectivity index (χ1v) is 13.5. The van der Waals surface area contributed by atoms with Gasteiger partial charge in [0.15, 0.2) is 0 Å². The van der Waals surface area contributed by atoms with Crippen molar-refractivity contribution in [1.29, 1.82) is 0 Å². The Morgan fingerprint density at radius 3 is 2.40 bits per heavy atom. The first-order chi connectivity index (χ1) is 16.7. The van der Waals surface area contributed by atoms with Crippen molar-refractivity contribution in [2.45, 2.75) is 71.9 Å². The molecule has 198 valence electrons. The molecule has 35 heavy (non-hydrogen) atoms. The molecule has 0 N–H and O–H groups in total. The molecule has 0 bridgehead atoms. The number of piperazine rings is 1. The molecule has 2 aliphatic rings. The number of carbonyl (C=O) groups excluding carboxylic acids is 2. The van der Waals surface area contributed by atoms with E-state index in [4.69, 9.17) is 4.74 Å². The Kier molecular flexibility index (Phi) is 10.2.